The van der Waals surface area contributed by atoms with Crippen LogP contribution in [0.15, 0.2) is 28.4 Å². The number of nitrogens with zero attached hydrogens (tertiary/aromatic N) is 4. The van der Waals surface area contributed by atoms with Crippen LogP contribution in [0.4, 0.5) is 11.4 Å². The summed E-state index contributed by atoms with van der Waals surface area (Å²) in [6.07, 6.45) is 3.66. The van der Waals surface area contributed by atoms with Gasteiger partial charge in [-0.15, -0.1) is 5.10 Å². The number of rotatable bonds is 4. The predicted molar refractivity (Wildman–Crippen MR) is 77.9 cm³/mol. The Kier molecular flexibility index (Phi) is 4.14. The molecule has 0 aliphatic carbocycles. The molecule has 0 saturated carbocycles. The predicted octanol–water partition coefficient (Wildman–Crippen LogP) is 0.802. The van der Waals surface area contributed by atoms with Crippen LogP contribution in [0.1, 0.15) is 18.4 Å². The van der Waals surface area contributed by atoms with Gasteiger partial charge in [0.15, 0.2) is 0 Å². The summed E-state index contributed by atoms with van der Waals surface area (Å²) in [5.74, 6) is -0.158. The highest BCUT2D eigenvalue weighted by Gasteiger charge is 2.17. The first-order valence-corrected chi connectivity index (χ1v) is 6.23. The zero-order valence-corrected chi connectivity index (χ0v) is 10.9. The van der Waals surface area contributed by atoms with E-state index in [4.69, 9.17) is 11.5 Å². The molecule has 1 heterocycles. The molecule has 0 amide bonds. The van der Waals surface area contributed by atoms with Gasteiger partial charge in [-0.25, -0.2) is 0 Å². The smallest absolute Gasteiger partial charge is 0.270 e. The number of benzene rings is 1. The lowest BCUT2D eigenvalue weighted by Gasteiger charge is -2.19. The fraction of sp³-hybridized carbons (Fsp3) is 0.333. The summed E-state index contributed by atoms with van der Waals surface area (Å²) in [4.78, 5) is 12.6. The molecule has 106 valence electrons. The standard InChI is InChI=1S/C12H16N6O2/c13-12(14)16-15-8-9-7-10(18(19)20)3-4-11(9)17-5-1-2-6-17/h3-4,7-8H,1-2,5-6H2,(H4,13,14,16)/b15-8-. The van der Waals surface area contributed by atoms with Gasteiger partial charge >= 0.3 is 0 Å². The molecular formula is C12H16N6O2. The highest BCUT2D eigenvalue weighted by Crippen LogP contribution is 2.27. The lowest BCUT2D eigenvalue weighted by molar-refractivity contribution is -0.384. The summed E-state index contributed by atoms with van der Waals surface area (Å²) in [5.41, 5.74) is 11.9. The van der Waals surface area contributed by atoms with Crippen LogP contribution < -0.4 is 16.4 Å². The van der Waals surface area contributed by atoms with Crippen molar-refractivity contribution in [3.63, 3.8) is 0 Å². The van der Waals surface area contributed by atoms with Crippen molar-refractivity contribution in [2.75, 3.05) is 18.0 Å². The number of nitro groups is 1. The van der Waals surface area contributed by atoms with Gasteiger partial charge in [0, 0.05) is 36.5 Å². The zero-order valence-electron chi connectivity index (χ0n) is 10.9. The molecule has 8 heteroatoms. The number of nitro benzene ring substituents is 1. The van der Waals surface area contributed by atoms with Gasteiger partial charge in [-0.05, 0) is 18.9 Å². The Morgan fingerprint density at radius 3 is 2.65 bits per heavy atom. The number of nitrogens with two attached hydrogens (primary N) is 2. The third kappa shape index (κ3) is 3.22. The maximum absolute atomic E-state index is 10.8. The van der Waals surface area contributed by atoms with Crippen LogP contribution in [0.5, 0.6) is 0 Å². The minimum atomic E-state index is -0.439. The molecule has 0 unspecified atom stereocenters. The molecule has 2 rings (SSSR count). The first kappa shape index (κ1) is 13.8. The van der Waals surface area contributed by atoms with Crippen molar-refractivity contribution < 1.29 is 4.92 Å². The van der Waals surface area contributed by atoms with E-state index in [9.17, 15) is 10.1 Å². The quantitative estimate of drug-likeness (QED) is 0.364. The first-order valence-electron chi connectivity index (χ1n) is 6.23. The first-order chi connectivity index (χ1) is 9.58. The molecule has 20 heavy (non-hydrogen) atoms. The van der Waals surface area contributed by atoms with Crippen LogP contribution in [0, 0.1) is 10.1 Å². The van der Waals surface area contributed by atoms with E-state index in [0.717, 1.165) is 31.6 Å². The Labute approximate surface area is 115 Å². The molecule has 1 saturated heterocycles. The Morgan fingerprint density at radius 1 is 1.35 bits per heavy atom. The second-order valence-corrected chi connectivity index (χ2v) is 4.46. The fourth-order valence-corrected chi connectivity index (χ4v) is 2.16. The van der Waals surface area contributed by atoms with Crippen molar-refractivity contribution in [2.24, 2.45) is 21.7 Å². The normalized spacial score (nSPS) is 14.7. The summed E-state index contributed by atoms with van der Waals surface area (Å²) in [6.45, 7) is 1.86. The van der Waals surface area contributed by atoms with Gasteiger partial charge in [-0.3, -0.25) is 10.1 Å². The lowest BCUT2D eigenvalue weighted by atomic mass is 10.1. The summed E-state index contributed by atoms with van der Waals surface area (Å²) < 4.78 is 0. The number of hydrogen-bond donors (Lipinski definition) is 2. The summed E-state index contributed by atoms with van der Waals surface area (Å²) in [6, 6.07) is 4.70. The maximum Gasteiger partial charge on any atom is 0.270 e. The number of non-ortho nitro benzene ring substituents is 1. The molecule has 1 fully saturated rings. The van der Waals surface area contributed by atoms with Crippen molar-refractivity contribution in [1.29, 1.82) is 0 Å². The van der Waals surface area contributed by atoms with E-state index >= 15 is 0 Å². The molecule has 0 atom stereocenters. The second-order valence-electron chi connectivity index (χ2n) is 4.46. The average molecular weight is 276 g/mol. The third-order valence-electron chi connectivity index (χ3n) is 3.04. The average Bonchev–Trinajstić information content (AvgIpc) is 2.91. The van der Waals surface area contributed by atoms with E-state index < -0.39 is 4.92 Å². The largest absolute Gasteiger partial charge is 0.371 e. The van der Waals surface area contributed by atoms with Crippen molar-refractivity contribution >= 4 is 23.5 Å². The molecule has 1 aromatic carbocycles. The lowest BCUT2D eigenvalue weighted by Crippen LogP contribution is -2.22. The van der Waals surface area contributed by atoms with Gasteiger partial charge < -0.3 is 16.4 Å². The van der Waals surface area contributed by atoms with E-state index in [1.807, 2.05) is 0 Å². The molecule has 1 aliphatic rings. The molecule has 0 radical (unpaired) electrons. The third-order valence-corrected chi connectivity index (χ3v) is 3.04. The molecule has 1 aliphatic heterocycles. The summed E-state index contributed by atoms with van der Waals surface area (Å²) in [5, 5.41) is 18.1. The molecule has 8 nitrogen and oxygen atoms in total. The van der Waals surface area contributed by atoms with Gasteiger partial charge in [0.1, 0.15) is 0 Å². The topological polar surface area (TPSA) is 123 Å². The summed E-state index contributed by atoms with van der Waals surface area (Å²) >= 11 is 0. The minimum absolute atomic E-state index is 0.0131. The Morgan fingerprint density at radius 2 is 2.05 bits per heavy atom. The van der Waals surface area contributed by atoms with E-state index in [2.05, 4.69) is 15.1 Å². The van der Waals surface area contributed by atoms with E-state index in [1.165, 1.54) is 18.3 Å². The molecule has 0 spiro atoms. The molecule has 0 aromatic heterocycles. The van der Waals surface area contributed by atoms with Crippen LogP contribution in [0.2, 0.25) is 0 Å². The van der Waals surface area contributed by atoms with Crippen LogP contribution in [0.25, 0.3) is 0 Å². The van der Waals surface area contributed by atoms with Gasteiger partial charge in [0.25, 0.3) is 5.69 Å². The molecular weight excluding hydrogens is 260 g/mol. The number of guanidine groups is 1. The van der Waals surface area contributed by atoms with E-state index in [-0.39, 0.29) is 11.6 Å². The molecule has 1 aromatic rings. The Hall–Kier alpha value is -2.64. The van der Waals surface area contributed by atoms with E-state index in [0.29, 0.717) is 5.56 Å². The highest BCUT2D eigenvalue weighted by molar-refractivity contribution is 5.89. The van der Waals surface area contributed by atoms with Crippen LogP contribution in [0.3, 0.4) is 0 Å². The van der Waals surface area contributed by atoms with Crippen molar-refractivity contribution in [3.05, 3.63) is 33.9 Å². The Bertz CT molecular complexity index is 559. The van der Waals surface area contributed by atoms with Gasteiger partial charge in [-0.1, -0.05) is 0 Å². The van der Waals surface area contributed by atoms with Crippen LogP contribution in [-0.4, -0.2) is 30.2 Å². The van der Waals surface area contributed by atoms with Gasteiger partial charge in [0.05, 0.1) is 11.1 Å². The van der Waals surface area contributed by atoms with Gasteiger partial charge in [-0.2, -0.15) is 5.10 Å². The Balaban J connectivity index is 2.37. The second kappa shape index (κ2) is 6.00. The van der Waals surface area contributed by atoms with Crippen molar-refractivity contribution in [3.8, 4) is 0 Å². The number of hydrogen-bond acceptors (Lipinski definition) is 5. The van der Waals surface area contributed by atoms with Crippen molar-refractivity contribution in [2.45, 2.75) is 12.8 Å². The highest BCUT2D eigenvalue weighted by atomic mass is 16.6. The van der Waals surface area contributed by atoms with Crippen LogP contribution >= 0.6 is 0 Å². The number of anilines is 1. The summed E-state index contributed by atoms with van der Waals surface area (Å²) in [7, 11) is 0. The molecule has 4 N–H and O–H groups in total. The van der Waals surface area contributed by atoms with Crippen molar-refractivity contribution in [1.82, 2.24) is 0 Å². The monoisotopic (exact) mass is 276 g/mol. The van der Waals surface area contributed by atoms with Crippen LogP contribution in [-0.2, 0) is 0 Å². The molecule has 0 bridgehead atoms. The zero-order chi connectivity index (χ0) is 14.5. The maximum atomic E-state index is 10.8. The van der Waals surface area contributed by atoms with E-state index in [1.54, 1.807) is 6.07 Å². The van der Waals surface area contributed by atoms with Gasteiger partial charge in [0.2, 0.25) is 5.96 Å². The minimum Gasteiger partial charge on any atom is -0.371 e. The SMILES string of the molecule is NC(N)=N/N=C\c1cc([N+](=O)[O-])ccc1N1CCCC1. The fourth-order valence-electron chi connectivity index (χ4n) is 2.16.